The Morgan fingerprint density at radius 1 is 1.41 bits per heavy atom. The molecule has 0 aliphatic rings. The first kappa shape index (κ1) is 11.9. The number of aromatic nitrogens is 1. The average molecular weight is 296 g/mol. The molecule has 0 spiro atoms. The Hall–Kier alpha value is -1.62. The summed E-state index contributed by atoms with van der Waals surface area (Å²) >= 11 is 3.37. The number of ether oxygens (including phenoxy) is 1. The molecule has 2 rings (SSSR count). The summed E-state index contributed by atoms with van der Waals surface area (Å²) in [6, 6.07) is 7.22. The van der Waals surface area contributed by atoms with Crippen molar-refractivity contribution in [2.45, 2.75) is 6.92 Å². The number of aromatic amines is 1. The van der Waals surface area contributed by atoms with E-state index in [4.69, 9.17) is 0 Å². The molecule has 5 heteroatoms. The van der Waals surface area contributed by atoms with E-state index in [1.54, 1.807) is 13.0 Å². The number of H-pyrrole nitrogens is 1. The molecule has 0 amide bonds. The van der Waals surface area contributed by atoms with Gasteiger partial charge in [0, 0.05) is 9.86 Å². The Morgan fingerprint density at radius 2 is 2.18 bits per heavy atom. The standard InChI is InChI=1S/C12H10BrNO3/c1-2-17-12(16)11(15)9-6-7-4-3-5-8(13)10(7)14-9/h3-6,14H,2H2,1H3. The van der Waals surface area contributed by atoms with Crippen LogP contribution in [0.5, 0.6) is 0 Å². The third-order valence-corrected chi connectivity index (χ3v) is 2.97. The van der Waals surface area contributed by atoms with Crippen molar-refractivity contribution in [1.29, 1.82) is 0 Å². The number of esters is 1. The number of hydrogen-bond donors (Lipinski definition) is 1. The molecule has 0 radical (unpaired) electrons. The molecule has 1 heterocycles. The van der Waals surface area contributed by atoms with Crippen LogP contribution in [0.1, 0.15) is 17.4 Å². The fraction of sp³-hybridized carbons (Fsp3) is 0.167. The number of ketones is 1. The number of para-hydroxylation sites is 1. The van der Waals surface area contributed by atoms with E-state index in [1.807, 2.05) is 18.2 Å². The molecule has 0 atom stereocenters. The van der Waals surface area contributed by atoms with Gasteiger partial charge >= 0.3 is 5.97 Å². The summed E-state index contributed by atoms with van der Waals surface area (Å²) in [5, 5.41) is 0.868. The summed E-state index contributed by atoms with van der Waals surface area (Å²) in [7, 11) is 0. The molecule has 0 aliphatic carbocycles. The highest BCUT2D eigenvalue weighted by Crippen LogP contribution is 2.24. The Labute approximate surface area is 106 Å². The van der Waals surface area contributed by atoms with Crippen LogP contribution in [0.4, 0.5) is 0 Å². The number of carbonyl (C=O) groups excluding carboxylic acids is 2. The Morgan fingerprint density at radius 3 is 2.82 bits per heavy atom. The fourth-order valence-electron chi connectivity index (χ4n) is 1.55. The van der Waals surface area contributed by atoms with E-state index in [-0.39, 0.29) is 12.3 Å². The van der Waals surface area contributed by atoms with Crippen LogP contribution in [-0.2, 0) is 9.53 Å². The molecule has 1 aromatic heterocycles. The number of hydrogen-bond acceptors (Lipinski definition) is 3. The highest BCUT2D eigenvalue weighted by molar-refractivity contribution is 9.10. The molecule has 0 bridgehead atoms. The van der Waals surface area contributed by atoms with Gasteiger partial charge < -0.3 is 9.72 Å². The van der Waals surface area contributed by atoms with Gasteiger partial charge in [0.2, 0.25) is 0 Å². The van der Waals surface area contributed by atoms with Crippen LogP contribution in [0.3, 0.4) is 0 Å². The lowest BCUT2D eigenvalue weighted by Crippen LogP contribution is -2.17. The third-order valence-electron chi connectivity index (χ3n) is 2.31. The average Bonchev–Trinajstić information content (AvgIpc) is 2.73. The Kier molecular flexibility index (Phi) is 3.28. The summed E-state index contributed by atoms with van der Waals surface area (Å²) in [6.07, 6.45) is 0. The lowest BCUT2D eigenvalue weighted by atomic mass is 10.2. The molecule has 0 unspecified atom stereocenters. The van der Waals surface area contributed by atoms with Crippen LogP contribution < -0.4 is 0 Å². The van der Waals surface area contributed by atoms with Gasteiger partial charge in [-0.15, -0.1) is 0 Å². The zero-order valence-corrected chi connectivity index (χ0v) is 10.7. The lowest BCUT2D eigenvalue weighted by molar-refractivity contribution is -0.137. The van der Waals surface area contributed by atoms with Crippen LogP contribution in [0.2, 0.25) is 0 Å². The summed E-state index contributed by atoms with van der Waals surface area (Å²) in [4.78, 5) is 25.9. The minimum absolute atomic E-state index is 0.189. The van der Waals surface area contributed by atoms with E-state index < -0.39 is 11.8 Å². The molecule has 0 fully saturated rings. The van der Waals surface area contributed by atoms with Gasteiger partial charge in [-0.3, -0.25) is 4.79 Å². The maximum atomic E-state index is 11.7. The van der Waals surface area contributed by atoms with E-state index in [0.29, 0.717) is 0 Å². The van der Waals surface area contributed by atoms with Crippen LogP contribution in [0.15, 0.2) is 28.7 Å². The van der Waals surface area contributed by atoms with E-state index in [0.717, 1.165) is 15.4 Å². The molecular weight excluding hydrogens is 286 g/mol. The minimum Gasteiger partial charge on any atom is -0.460 e. The van der Waals surface area contributed by atoms with E-state index in [9.17, 15) is 9.59 Å². The van der Waals surface area contributed by atoms with Crippen molar-refractivity contribution in [1.82, 2.24) is 4.98 Å². The molecule has 17 heavy (non-hydrogen) atoms. The zero-order chi connectivity index (χ0) is 12.4. The summed E-state index contributed by atoms with van der Waals surface area (Å²) < 4.78 is 5.51. The van der Waals surface area contributed by atoms with Crippen LogP contribution in [-0.4, -0.2) is 23.3 Å². The fourth-order valence-corrected chi connectivity index (χ4v) is 2.03. The van der Waals surface area contributed by atoms with Crippen LogP contribution in [0.25, 0.3) is 10.9 Å². The van der Waals surface area contributed by atoms with Gasteiger partial charge in [0.1, 0.15) is 0 Å². The lowest BCUT2D eigenvalue weighted by Gasteiger charge is -1.97. The highest BCUT2D eigenvalue weighted by atomic mass is 79.9. The van der Waals surface area contributed by atoms with Crippen molar-refractivity contribution in [2.75, 3.05) is 6.61 Å². The SMILES string of the molecule is CCOC(=O)C(=O)c1cc2cccc(Br)c2[nH]1. The second-order valence-electron chi connectivity index (χ2n) is 3.44. The van der Waals surface area contributed by atoms with Gasteiger partial charge in [-0.05, 0) is 35.0 Å². The van der Waals surface area contributed by atoms with Crippen molar-refractivity contribution in [3.8, 4) is 0 Å². The maximum absolute atomic E-state index is 11.7. The number of Topliss-reactive ketones (excluding diaryl/α,β-unsaturated/α-hetero) is 1. The summed E-state index contributed by atoms with van der Waals surface area (Å²) in [5.74, 6) is -1.50. The molecule has 1 N–H and O–H groups in total. The van der Waals surface area contributed by atoms with Crippen molar-refractivity contribution in [2.24, 2.45) is 0 Å². The predicted octanol–water partition coefficient (Wildman–Crippen LogP) is 2.68. The number of fused-ring (bicyclic) bond motifs is 1. The first-order chi connectivity index (χ1) is 8.13. The van der Waals surface area contributed by atoms with Crippen LogP contribution >= 0.6 is 15.9 Å². The van der Waals surface area contributed by atoms with Gasteiger partial charge in [-0.25, -0.2) is 4.79 Å². The number of halogens is 1. The van der Waals surface area contributed by atoms with Gasteiger partial charge in [0.05, 0.1) is 17.8 Å². The van der Waals surface area contributed by atoms with Gasteiger partial charge in [0.15, 0.2) is 0 Å². The monoisotopic (exact) mass is 295 g/mol. The number of benzene rings is 1. The number of nitrogens with one attached hydrogen (secondary N) is 1. The molecule has 0 saturated heterocycles. The minimum atomic E-state index is -0.838. The van der Waals surface area contributed by atoms with Crippen LogP contribution in [0, 0.1) is 0 Å². The zero-order valence-electron chi connectivity index (χ0n) is 9.12. The smallest absolute Gasteiger partial charge is 0.381 e. The largest absolute Gasteiger partial charge is 0.460 e. The Balaban J connectivity index is 2.40. The molecule has 4 nitrogen and oxygen atoms in total. The first-order valence-electron chi connectivity index (χ1n) is 5.12. The normalized spacial score (nSPS) is 10.5. The molecule has 1 aromatic carbocycles. The van der Waals surface area contributed by atoms with Crippen molar-refractivity contribution in [3.05, 3.63) is 34.4 Å². The van der Waals surface area contributed by atoms with E-state index in [1.165, 1.54) is 0 Å². The second kappa shape index (κ2) is 4.71. The third kappa shape index (κ3) is 2.24. The predicted molar refractivity (Wildman–Crippen MR) is 67.0 cm³/mol. The summed E-state index contributed by atoms with van der Waals surface area (Å²) in [6.45, 7) is 1.85. The first-order valence-corrected chi connectivity index (χ1v) is 5.91. The number of carbonyl (C=O) groups is 2. The molecule has 88 valence electrons. The quantitative estimate of drug-likeness (QED) is 0.538. The van der Waals surface area contributed by atoms with Crippen molar-refractivity contribution >= 4 is 38.6 Å². The van der Waals surface area contributed by atoms with E-state index >= 15 is 0 Å². The maximum Gasteiger partial charge on any atom is 0.381 e. The molecule has 0 saturated carbocycles. The molecule has 2 aromatic rings. The molecule has 0 aliphatic heterocycles. The van der Waals surface area contributed by atoms with Crippen molar-refractivity contribution < 1.29 is 14.3 Å². The van der Waals surface area contributed by atoms with Gasteiger partial charge in [-0.2, -0.15) is 0 Å². The van der Waals surface area contributed by atoms with Crippen molar-refractivity contribution in [3.63, 3.8) is 0 Å². The highest BCUT2D eigenvalue weighted by Gasteiger charge is 2.19. The Bertz CT molecular complexity index is 588. The van der Waals surface area contributed by atoms with Gasteiger partial charge in [0.25, 0.3) is 5.78 Å². The van der Waals surface area contributed by atoms with E-state index in [2.05, 4.69) is 25.7 Å². The van der Waals surface area contributed by atoms with Gasteiger partial charge in [-0.1, -0.05) is 12.1 Å². The molecular formula is C12H10BrNO3. The number of rotatable bonds is 3. The topological polar surface area (TPSA) is 59.2 Å². The summed E-state index contributed by atoms with van der Waals surface area (Å²) in [5.41, 5.74) is 1.03. The second-order valence-corrected chi connectivity index (χ2v) is 4.29.